The van der Waals surface area contributed by atoms with Gasteiger partial charge in [0.25, 0.3) is 0 Å². The van der Waals surface area contributed by atoms with Gasteiger partial charge in [-0.2, -0.15) is 0 Å². The first kappa shape index (κ1) is 10.5. The molecule has 1 radical (unpaired) electrons. The summed E-state index contributed by atoms with van der Waals surface area (Å²) in [6.07, 6.45) is 2.72. The molecule has 81 valence electrons. The van der Waals surface area contributed by atoms with Crippen LogP contribution < -0.4 is 10.1 Å². The normalized spacial score (nSPS) is 22.7. The molecule has 1 saturated heterocycles. The molecular weight excluding hydrogens is 186 g/mol. The van der Waals surface area contributed by atoms with Crippen LogP contribution in [0.25, 0.3) is 0 Å². The number of nitrogens with one attached hydrogen (secondary N) is 1. The summed E-state index contributed by atoms with van der Waals surface area (Å²) >= 11 is 0. The van der Waals surface area contributed by atoms with Gasteiger partial charge in [0.1, 0.15) is 11.9 Å². The fourth-order valence-electron chi connectivity index (χ4n) is 1.98. The minimum atomic E-state index is 0.239. The van der Waals surface area contributed by atoms with Gasteiger partial charge in [0.05, 0.1) is 0 Å². The minimum Gasteiger partial charge on any atom is -0.489 e. The van der Waals surface area contributed by atoms with Crippen molar-refractivity contribution in [2.24, 2.45) is 0 Å². The second-order valence-corrected chi connectivity index (χ2v) is 4.17. The second kappa shape index (κ2) is 4.67. The monoisotopic (exact) mass is 204 g/mol. The van der Waals surface area contributed by atoms with Crippen molar-refractivity contribution >= 4 is 0 Å². The smallest absolute Gasteiger partial charge is 0.119 e. The van der Waals surface area contributed by atoms with Crippen molar-refractivity contribution in [2.75, 3.05) is 6.54 Å². The first-order chi connectivity index (χ1) is 7.25. The van der Waals surface area contributed by atoms with Crippen LogP contribution in [0, 0.1) is 6.92 Å². The highest BCUT2D eigenvalue weighted by Gasteiger charge is 2.21. The van der Waals surface area contributed by atoms with E-state index in [2.05, 4.69) is 19.2 Å². The van der Waals surface area contributed by atoms with E-state index >= 15 is 0 Å². The first-order valence-electron chi connectivity index (χ1n) is 5.58. The lowest BCUT2D eigenvalue weighted by molar-refractivity contribution is 0.180. The van der Waals surface area contributed by atoms with Gasteiger partial charge in [0.15, 0.2) is 0 Å². The standard InChI is InChI=1S/C13H18NO/c1-10-5-7-12(8-6-10)15-11(2)13-4-3-9-14-13/h5-8,11,13-14H,1,3-4,9H2,2H3. The predicted molar refractivity (Wildman–Crippen MR) is 62.0 cm³/mol. The molecule has 1 aliphatic heterocycles. The largest absolute Gasteiger partial charge is 0.489 e. The van der Waals surface area contributed by atoms with Crippen LogP contribution in [0.15, 0.2) is 24.3 Å². The Morgan fingerprint density at radius 1 is 1.40 bits per heavy atom. The summed E-state index contributed by atoms with van der Waals surface area (Å²) in [5, 5.41) is 3.45. The molecule has 2 nitrogen and oxygen atoms in total. The van der Waals surface area contributed by atoms with E-state index in [1.165, 1.54) is 12.8 Å². The van der Waals surface area contributed by atoms with Crippen LogP contribution in [0.3, 0.4) is 0 Å². The molecule has 2 atom stereocenters. The number of ether oxygens (including phenoxy) is 1. The summed E-state index contributed by atoms with van der Waals surface area (Å²) in [5.41, 5.74) is 1.02. The van der Waals surface area contributed by atoms with Crippen molar-refractivity contribution in [2.45, 2.75) is 31.9 Å². The molecule has 15 heavy (non-hydrogen) atoms. The molecule has 1 aromatic rings. The second-order valence-electron chi connectivity index (χ2n) is 4.17. The Labute approximate surface area is 91.6 Å². The third-order valence-corrected chi connectivity index (χ3v) is 2.91. The van der Waals surface area contributed by atoms with Crippen LogP contribution in [0.2, 0.25) is 0 Å². The Kier molecular flexibility index (Phi) is 3.27. The quantitative estimate of drug-likeness (QED) is 0.816. The molecule has 1 heterocycles. The summed E-state index contributed by atoms with van der Waals surface area (Å²) in [5.74, 6) is 0.934. The maximum absolute atomic E-state index is 5.86. The molecule has 0 bridgehead atoms. The van der Waals surface area contributed by atoms with E-state index in [9.17, 15) is 0 Å². The Bertz CT molecular complexity index is 301. The fraction of sp³-hybridized carbons (Fsp3) is 0.462. The lowest BCUT2D eigenvalue weighted by Gasteiger charge is -2.21. The zero-order valence-electron chi connectivity index (χ0n) is 9.20. The van der Waals surface area contributed by atoms with Crippen molar-refractivity contribution in [3.8, 4) is 5.75 Å². The van der Waals surface area contributed by atoms with Crippen molar-refractivity contribution in [3.05, 3.63) is 36.8 Å². The van der Waals surface area contributed by atoms with Crippen LogP contribution >= 0.6 is 0 Å². The molecule has 0 spiro atoms. The third-order valence-electron chi connectivity index (χ3n) is 2.91. The van der Waals surface area contributed by atoms with Crippen LogP contribution in [-0.4, -0.2) is 18.7 Å². The molecule has 1 aliphatic rings. The molecule has 1 fully saturated rings. The number of benzene rings is 1. The van der Waals surface area contributed by atoms with Crippen LogP contribution in [0.4, 0.5) is 0 Å². The number of rotatable bonds is 3. The lowest BCUT2D eigenvalue weighted by atomic mass is 10.1. The van der Waals surface area contributed by atoms with E-state index < -0.39 is 0 Å². The zero-order valence-corrected chi connectivity index (χ0v) is 9.20. The van der Waals surface area contributed by atoms with E-state index in [0.717, 1.165) is 17.9 Å². The predicted octanol–water partition coefficient (Wildman–Crippen LogP) is 2.39. The Morgan fingerprint density at radius 3 is 2.73 bits per heavy atom. The Hall–Kier alpha value is -1.02. The van der Waals surface area contributed by atoms with Gasteiger partial charge in [-0.05, 0) is 50.9 Å². The molecule has 2 rings (SSSR count). The van der Waals surface area contributed by atoms with Gasteiger partial charge in [-0.25, -0.2) is 0 Å². The summed E-state index contributed by atoms with van der Waals surface area (Å²) < 4.78 is 5.86. The van der Waals surface area contributed by atoms with Gasteiger partial charge in [-0.15, -0.1) is 0 Å². The van der Waals surface area contributed by atoms with Gasteiger partial charge in [0, 0.05) is 6.04 Å². The van der Waals surface area contributed by atoms with E-state index in [4.69, 9.17) is 4.74 Å². The van der Waals surface area contributed by atoms with Gasteiger partial charge >= 0.3 is 0 Å². The minimum absolute atomic E-state index is 0.239. The molecule has 0 aliphatic carbocycles. The summed E-state index contributed by atoms with van der Waals surface area (Å²) in [7, 11) is 0. The summed E-state index contributed by atoms with van der Waals surface area (Å²) in [6.45, 7) is 7.10. The van der Waals surface area contributed by atoms with E-state index in [-0.39, 0.29) is 6.10 Å². The number of hydrogen-bond acceptors (Lipinski definition) is 2. The fourth-order valence-corrected chi connectivity index (χ4v) is 1.98. The van der Waals surface area contributed by atoms with Gasteiger partial charge in [-0.1, -0.05) is 12.1 Å². The Morgan fingerprint density at radius 2 is 2.13 bits per heavy atom. The topological polar surface area (TPSA) is 21.3 Å². The van der Waals surface area contributed by atoms with Crippen molar-refractivity contribution in [1.29, 1.82) is 0 Å². The summed E-state index contributed by atoms with van der Waals surface area (Å²) in [6, 6.07) is 8.42. The molecule has 2 unspecified atom stereocenters. The lowest BCUT2D eigenvalue weighted by Crippen LogP contribution is -2.36. The molecule has 1 aromatic carbocycles. The molecule has 2 heteroatoms. The van der Waals surface area contributed by atoms with E-state index in [1.54, 1.807) is 0 Å². The van der Waals surface area contributed by atoms with Crippen molar-refractivity contribution in [3.63, 3.8) is 0 Å². The zero-order chi connectivity index (χ0) is 10.7. The van der Waals surface area contributed by atoms with Crippen LogP contribution in [-0.2, 0) is 0 Å². The van der Waals surface area contributed by atoms with Gasteiger partial charge < -0.3 is 10.1 Å². The molecule has 0 amide bonds. The van der Waals surface area contributed by atoms with Gasteiger partial charge in [-0.3, -0.25) is 0 Å². The molecule has 0 aromatic heterocycles. The molecular formula is C13H18NO. The molecule has 1 N–H and O–H groups in total. The highest BCUT2D eigenvalue weighted by molar-refractivity contribution is 5.28. The van der Waals surface area contributed by atoms with Crippen LogP contribution in [0.1, 0.15) is 25.3 Å². The van der Waals surface area contributed by atoms with E-state index in [0.29, 0.717) is 6.04 Å². The highest BCUT2D eigenvalue weighted by Crippen LogP contribution is 2.17. The maximum atomic E-state index is 5.86. The van der Waals surface area contributed by atoms with Crippen LogP contribution in [0.5, 0.6) is 5.75 Å². The van der Waals surface area contributed by atoms with Crippen molar-refractivity contribution < 1.29 is 4.74 Å². The Balaban J connectivity index is 1.92. The van der Waals surface area contributed by atoms with Gasteiger partial charge in [0.2, 0.25) is 0 Å². The average molecular weight is 204 g/mol. The highest BCUT2D eigenvalue weighted by atomic mass is 16.5. The third kappa shape index (κ3) is 2.72. The summed E-state index contributed by atoms with van der Waals surface area (Å²) in [4.78, 5) is 0. The van der Waals surface area contributed by atoms with Crippen molar-refractivity contribution in [1.82, 2.24) is 5.32 Å². The average Bonchev–Trinajstić information content (AvgIpc) is 2.74. The maximum Gasteiger partial charge on any atom is 0.119 e. The van der Waals surface area contributed by atoms with E-state index in [1.807, 2.05) is 24.3 Å². The SMILES string of the molecule is [CH2]c1ccc(OC(C)C2CCCN2)cc1. The first-order valence-corrected chi connectivity index (χ1v) is 5.58. The molecule has 0 saturated carbocycles. The number of hydrogen-bond donors (Lipinski definition) is 1.